The summed E-state index contributed by atoms with van der Waals surface area (Å²) in [6.07, 6.45) is 5.44. The average molecular weight is 640 g/mol. The zero-order valence-electron chi connectivity index (χ0n) is 27.1. The van der Waals surface area contributed by atoms with Gasteiger partial charge in [-0.2, -0.15) is 0 Å². The number of aliphatic hydroxyl groups excluding tert-OH is 1. The van der Waals surface area contributed by atoms with Crippen LogP contribution in [0.1, 0.15) is 63.5 Å². The molecule has 0 unspecified atom stereocenters. The van der Waals surface area contributed by atoms with Gasteiger partial charge >= 0.3 is 5.97 Å². The molecule has 7 atom stereocenters. The van der Waals surface area contributed by atoms with Crippen molar-refractivity contribution >= 4 is 23.7 Å². The van der Waals surface area contributed by atoms with Crippen LogP contribution in [0.5, 0.6) is 0 Å². The SMILES string of the molecule is C=CCCC(=O)N[C@H](COC)[C@H](OC(=O)[C@@H]1[C@H]2C(=O)N(CCCO)[C@H](C(=O)N(CC=C)CCCC)[C@]23CC[C@H]1O3)c1ccccc1. The van der Waals surface area contributed by atoms with Crippen molar-refractivity contribution in [1.29, 1.82) is 0 Å². The van der Waals surface area contributed by atoms with Gasteiger partial charge in [0.15, 0.2) is 0 Å². The van der Waals surface area contributed by atoms with E-state index < -0.39 is 47.7 Å². The van der Waals surface area contributed by atoms with Crippen molar-refractivity contribution in [3.63, 3.8) is 0 Å². The molecule has 11 nitrogen and oxygen atoms in total. The number of rotatable bonds is 19. The zero-order valence-corrected chi connectivity index (χ0v) is 27.1. The van der Waals surface area contributed by atoms with Crippen molar-refractivity contribution in [2.45, 2.75) is 81.8 Å². The van der Waals surface area contributed by atoms with Crippen molar-refractivity contribution in [3.8, 4) is 0 Å². The predicted molar refractivity (Wildman–Crippen MR) is 171 cm³/mol. The number of nitrogens with one attached hydrogen (secondary N) is 1. The third-order valence-corrected chi connectivity index (χ3v) is 9.31. The zero-order chi connectivity index (χ0) is 33.3. The number of carbonyl (C=O) groups is 4. The number of fused-ring (bicyclic) bond motifs is 1. The highest BCUT2D eigenvalue weighted by Gasteiger charge is 2.75. The molecule has 3 saturated heterocycles. The van der Waals surface area contributed by atoms with Crippen LogP contribution in [0.25, 0.3) is 0 Å². The van der Waals surface area contributed by atoms with E-state index in [4.69, 9.17) is 14.2 Å². The Bertz CT molecular complexity index is 1240. The number of aliphatic hydroxyl groups is 1. The fourth-order valence-corrected chi connectivity index (χ4v) is 7.28. The molecule has 3 heterocycles. The highest BCUT2D eigenvalue weighted by molar-refractivity contribution is 5.98. The number of hydrogen-bond acceptors (Lipinski definition) is 8. The summed E-state index contributed by atoms with van der Waals surface area (Å²) >= 11 is 0. The second kappa shape index (κ2) is 16.3. The number of allylic oxidation sites excluding steroid dienone is 1. The number of ether oxygens (including phenoxy) is 3. The first-order chi connectivity index (χ1) is 22.3. The van der Waals surface area contributed by atoms with Crippen LogP contribution >= 0.6 is 0 Å². The van der Waals surface area contributed by atoms with Crippen molar-refractivity contribution in [2.24, 2.45) is 11.8 Å². The third-order valence-electron chi connectivity index (χ3n) is 9.31. The molecule has 4 rings (SSSR count). The molecule has 0 saturated carbocycles. The van der Waals surface area contributed by atoms with Gasteiger partial charge in [-0.1, -0.05) is 55.8 Å². The number of amides is 3. The number of esters is 1. The highest BCUT2D eigenvalue weighted by Crippen LogP contribution is 2.59. The van der Waals surface area contributed by atoms with Gasteiger partial charge < -0.3 is 34.4 Å². The largest absolute Gasteiger partial charge is 0.455 e. The standard InChI is InChI=1S/C35H49N3O8/c1-5-8-16-27(40)36-25(23-44-4)30(24-14-11-10-12-15-24)45-34(43)28-26-17-18-35(46-26)29(28)32(41)38(21-13-22-39)31(35)33(42)37(19-7-3)20-9-6-2/h5,7,10-12,14-15,25-26,28-31,39H,1,3,6,8-9,13,16-23H2,2,4H3,(H,36,40)/t25-,26-,28+,29+,30-,31-,35+/m1/s1. The minimum Gasteiger partial charge on any atom is -0.455 e. The minimum atomic E-state index is -1.18. The smallest absolute Gasteiger partial charge is 0.313 e. The van der Waals surface area contributed by atoms with Gasteiger partial charge in [-0.25, -0.2) is 0 Å². The maximum absolute atomic E-state index is 14.3. The van der Waals surface area contributed by atoms with E-state index in [1.54, 1.807) is 17.1 Å². The Kier molecular flexibility index (Phi) is 12.5. The monoisotopic (exact) mass is 639 g/mol. The molecule has 1 aromatic rings. The van der Waals surface area contributed by atoms with E-state index in [2.05, 4.69) is 18.5 Å². The lowest BCUT2D eigenvalue weighted by Crippen LogP contribution is -2.56. The van der Waals surface area contributed by atoms with Crippen LogP contribution in [0, 0.1) is 11.8 Å². The third kappa shape index (κ3) is 7.21. The molecule has 3 aliphatic heterocycles. The summed E-state index contributed by atoms with van der Waals surface area (Å²) in [5.74, 6) is -3.29. The lowest BCUT2D eigenvalue weighted by molar-refractivity contribution is -0.163. The molecule has 1 aromatic carbocycles. The summed E-state index contributed by atoms with van der Waals surface area (Å²) < 4.78 is 18.2. The summed E-state index contributed by atoms with van der Waals surface area (Å²) in [5.41, 5.74) is -0.525. The van der Waals surface area contributed by atoms with E-state index in [9.17, 15) is 24.3 Å². The lowest BCUT2D eigenvalue weighted by atomic mass is 9.70. The van der Waals surface area contributed by atoms with Gasteiger partial charge in [-0.05, 0) is 37.7 Å². The molecule has 46 heavy (non-hydrogen) atoms. The second-order valence-corrected chi connectivity index (χ2v) is 12.3. The van der Waals surface area contributed by atoms with Crippen molar-refractivity contribution in [3.05, 3.63) is 61.2 Å². The molecule has 3 amide bonds. The van der Waals surface area contributed by atoms with Crippen LogP contribution in [0.3, 0.4) is 0 Å². The number of unbranched alkanes of at least 4 members (excludes halogenated alkanes) is 1. The van der Waals surface area contributed by atoms with Crippen LogP contribution < -0.4 is 5.32 Å². The molecule has 0 radical (unpaired) electrons. The van der Waals surface area contributed by atoms with Gasteiger partial charge in [0.05, 0.1) is 30.6 Å². The fourth-order valence-electron chi connectivity index (χ4n) is 7.28. The molecule has 252 valence electrons. The Hall–Kier alpha value is -3.54. The van der Waals surface area contributed by atoms with Gasteiger partial charge in [-0.3, -0.25) is 19.2 Å². The molecule has 0 aliphatic carbocycles. The molecule has 2 bridgehead atoms. The summed E-state index contributed by atoms with van der Waals surface area (Å²) in [7, 11) is 1.51. The van der Waals surface area contributed by atoms with Crippen LogP contribution in [-0.2, 0) is 33.4 Å². The Morgan fingerprint density at radius 1 is 1.22 bits per heavy atom. The van der Waals surface area contributed by atoms with Gasteiger partial charge in [-0.15, -0.1) is 13.2 Å². The van der Waals surface area contributed by atoms with E-state index in [1.165, 1.54) is 12.0 Å². The van der Waals surface area contributed by atoms with Crippen LogP contribution in [0.15, 0.2) is 55.6 Å². The second-order valence-electron chi connectivity index (χ2n) is 12.3. The number of benzene rings is 1. The van der Waals surface area contributed by atoms with Gasteiger partial charge in [0.25, 0.3) is 0 Å². The number of hydrogen-bond donors (Lipinski definition) is 2. The molecule has 1 spiro atoms. The average Bonchev–Trinajstić information content (AvgIpc) is 3.70. The Morgan fingerprint density at radius 3 is 2.63 bits per heavy atom. The Balaban J connectivity index is 1.66. The summed E-state index contributed by atoms with van der Waals surface area (Å²) in [6, 6.07) is 7.47. The number of likely N-dealkylation sites (tertiary alicyclic amines) is 1. The van der Waals surface area contributed by atoms with Crippen LogP contribution in [0.4, 0.5) is 0 Å². The van der Waals surface area contributed by atoms with Crippen molar-refractivity contribution in [2.75, 3.05) is 40.0 Å². The van der Waals surface area contributed by atoms with E-state index in [0.717, 1.165) is 12.8 Å². The summed E-state index contributed by atoms with van der Waals surface area (Å²) in [5, 5.41) is 12.6. The molecule has 0 aromatic heterocycles. The molecule has 11 heteroatoms. The van der Waals surface area contributed by atoms with Crippen LogP contribution in [0.2, 0.25) is 0 Å². The van der Waals surface area contributed by atoms with Crippen LogP contribution in [-0.4, -0.2) is 102 Å². The Labute approximate surface area is 271 Å². The first kappa shape index (κ1) is 35.3. The van der Waals surface area contributed by atoms with E-state index in [0.29, 0.717) is 37.9 Å². The summed E-state index contributed by atoms with van der Waals surface area (Å²) in [4.78, 5) is 58.7. The maximum Gasteiger partial charge on any atom is 0.313 e. The van der Waals surface area contributed by atoms with Crippen molar-refractivity contribution in [1.82, 2.24) is 15.1 Å². The first-order valence-electron chi connectivity index (χ1n) is 16.4. The lowest BCUT2D eigenvalue weighted by Gasteiger charge is -2.36. The predicted octanol–water partition coefficient (Wildman–Crippen LogP) is 2.94. The fraction of sp³-hybridized carbons (Fsp3) is 0.600. The number of methoxy groups -OCH3 is 1. The normalized spacial score (nSPS) is 25.9. The number of nitrogens with zero attached hydrogens (tertiary/aromatic N) is 2. The molecule has 3 aliphatic rings. The number of carbonyl (C=O) groups excluding carboxylic acids is 4. The van der Waals surface area contributed by atoms with Crippen molar-refractivity contribution < 1.29 is 38.5 Å². The van der Waals surface area contributed by atoms with Gasteiger partial charge in [0.1, 0.15) is 17.7 Å². The highest BCUT2D eigenvalue weighted by atomic mass is 16.6. The molecular formula is C35H49N3O8. The molecule has 3 fully saturated rings. The quantitative estimate of drug-likeness (QED) is 0.174. The Morgan fingerprint density at radius 2 is 1.98 bits per heavy atom. The van der Waals surface area contributed by atoms with E-state index >= 15 is 0 Å². The summed E-state index contributed by atoms with van der Waals surface area (Å²) in [6.45, 7) is 10.5. The maximum atomic E-state index is 14.3. The van der Waals surface area contributed by atoms with E-state index in [1.807, 2.05) is 37.3 Å². The molecule has 2 N–H and O–H groups in total. The minimum absolute atomic E-state index is 0.0754. The topological polar surface area (TPSA) is 135 Å². The molecular weight excluding hydrogens is 590 g/mol. The van der Waals surface area contributed by atoms with Gasteiger partial charge in [0, 0.05) is 39.8 Å². The van der Waals surface area contributed by atoms with E-state index in [-0.39, 0.29) is 50.3 Å². The van der Waals surface area contributed by atoms with Gasteiger partial charge in [0.2, 0.25) is 17.7 Å². The first-order valence-corrected chi connectivity index (χ1v) is 16.4.